The van der Waals surface area contributed by atoms with Gasteiger partial charge in [0.2, 0.25) is 5.91 Å². The van der Waals surface area contributed by atoms with Crippen molar-refractivity contribution < 1.29 is 19.4 Å². The first kappa shape index (κ1) is 14.8. The molecule has 2 N–H and O–H groups in total. The summed E-state index contributed by atoms with van der Waals surface area (Å²) in [7, 11) is 1.71. The summed E-state index contributed by atoms with van der Waals surface area (Å²) in [5, 5.41) is 12.7. The average molecular weight is 296 g/mol. The Labute approximate surface area is 124 Å². The molecule has 3 aliphatic rings. The van der Waals surface area contributed by atoms with Crippen molar-refractivity contribution in [1.29, 1.82) is 0 Å². The van der Waals surface area contributed by atoms with Gasteiger partial charge in [-0.05, 0) is 25.2 Å². The van der Waals surface area contributed by atoms with Gasteiger partial charge >= 0.3 is 5.97 Å². The fraction of sp³-hybridized carbons (Fsp3) is 0.867. The highest BCUT2D eigenvalue weighted by Gasteiger charge is 2.43. The van der Waals surface area contributed by atoms with Crippen molar-refractivity contribution in [2.75, 3.05) is 20.3 Å². The van der Waals surface area contributed by atoms with Crippen LogP contribution in [-0.2, 0) is 14.3 Å². The van der Waals surface area contributed by atoms with E-state index in [1.165, 1.54) is 19.3 Å². The van der Waals surface area contributed by atoms with Crippen molar-refractivity contribution in [1.82, 2.24) is 10.2 Å². The standard InChI is InChI=1S/C15H24N2O4/c1-17(13-8-21-7-10(13)15(19)20)14(18)12-6-9-4-2-3-5-11(9)16-12/h9-13,16H,2-8H2,1H3,(H,19,20). The van der Waals surface area contributed by atoms with Gasteiger partial charge in [0.25, 0.3) is 0 Å². The molecule has 1 saturated carbocycles. The molecule has 0 aromatic carbocycles. The Hall–Kier alpha value is -1.14. The zero-order valence-electron chi connectivity index (χ0n) is 12.5. The van der Waals surface area contributed by atoms with E-state index in [-0.39, 0.29) is 24.6 Å². The van der Waals surface area contributed by atoms with Gasteiger partial charge in [0.15, 0.2) is 0 Å². The average Bonchev–Trinajstić information content (AvgIpc) is 3.11. The Kier molecular flexibility index (Phi) is 4.17. The molecule has 2 saturated heterocycles. The first-order chi connectivity index (χ1) is 10.1. The number of amides is 1. The largest absolute Gasteiger partial charge is 0.481 e. The van der Waals surface area contributed by atoms with Crippen molar-refractivity contribution in [3.63, 3.8) is 0 Å². The minimum absolute atomic E-state index is 0.0196. The van der Waals surface area contributed by atoms with E-state index in [4.69, 9.17) is 4.74 Å². The molecule has 0 spiro atoms. The fourth-order valence-electron chi connectivity index (χ4n) is 4.08. The van der Waals surface area contributed by atoms with Crippen LogP contribution in [0.25, 0.3) is 0 Å². The third-order valence-electron chi connectivity index (χ3n) is 5.37. The summed E-state index contributed by atoms with van der Waals surface area (Å²) in [6, 6.07) is -0.0335. The maximum absolute atomic E-state index is 12.7. The van der Waals surface area contributed by atoms with Crippen LogP contribution >= 0.6 is 0 Å². The molecule has 118 valence electrons. The molecule has 6 heteroatoms. The van der Waals surface area contributed by atoms with Crippen LogP contribution in [0.1, 0.15) is 32.1 Å². The first-order valence-corrected chi connectivity index (χ1v) is 7.91. The maximum atomic E-state index is 12.7. The molecule has 1 aliphatic carbocycles. The molecule has 6 nitrogen and oxygen atoms in total. The van der Waals surface area contributed by atoms with Crippen LogP contribution in [0.5, 0.6) is 0 Å². The Morgan fingerprint density at radius 1 is 1.24 bits per heavy atom. The lowest BCUT2D eigenvalue weighted by Gasteiger charge is -2.29. The molecule has 3 fully saturated rings. The number of fused-ring (bicyclic) bond motifs is 1. The number of carboxylic acids is 1. The lowest BCUT2D eigenvalue weighted by atomic mass is 9.85. The van der Waals surface area contributed by atoms with Crippen LogP contribution in [-0.4, -0.2) is 60.3 Å². The molecule has 2 heterocycles. The van der Waals surface area contributed by atoms with Crippen LogP contribution in [0.2, 0.25) is 0 Å². The summed E-state index contributed by atoms with van der Waals surface area (Å²) >= 11 is 0. The minimum Gasteiger partial charge on any atom is -0.481 e. The number of hydrogen-bond donors (Lipinski definition) is 2. The monoisotopic (exact) mass is 296 g/mol. The number of likely N-dealkylation sites (N-methyl/N-ethyl adjacent to an activating group) is 1. The van der Waals surface area contributed by atoms with Gasteiger partial charge in [0.05, 0.1) is 25.3 Å². The number of aliphatic carboxylic acids is 1. The molecule has 0 radical (unpaired) electrons. The lowest BCUT2D eigenvalue weighted by Crippen LogP contribution is -2.51. The van der Waals surface area contributed by atoms with E-state index in [0.29, 0.717) is 18.6 Å². The molecule has 1 amide bonds. The van der Waals surface area contributed by atoms with Gasteiger partial charge in [-0.1, -0.05) is 12.8 Å². The van der Waals surface area contributed by atoms with Crippen LogP contribution in [0, 0.1) is 11.8 Å². The van der Waals surface area contributed by atoms with Gasteiger partial charge in [-0.3, -0.25) is 9.59 Å². The summed E-state index contributed by atoms with van der Waals surface area (Å²) in [4.78, 5) is 25.5. The van der Waals surface area contributed by atoms with Crippen molar-refractivity contribution in [3.8, 4) is 0 Å². The second-order valence-corrected chi connectivity index (χ2v) is 6.60. The molecule has 3 rings (SSSR count). The number of nitrogens with one attached hydrogen (secondary N) is 1. The SMILES string of the molecule is CN(C(=O)C1CC2CCCCC2N1)C1COCC1C(=O)O. The Morgan fingerprint density at radius 2 is 2.00 bits per heavy atom. The summed E-state index contributed by atoms with van der Waals surface area (Å²) < 4.78 is 5.26. The zero-order valence-corrected chi connectivity index (χ0v) is 12.5. The van der Waals surface area contributed by atoms with E-state index in [1.54, 1.807) is 11.9 Å². The fourth-order valence-corrected chi connectivity index (χ4v) is 4.08. The number of carbonyl (C=O) groups excluding carboxylic acids is 1. The van der Waals surface area contributed by atoms with E-state index in [2.05, 4.69) is 5.32 Å². The lowest BCUT2D eigenvalue weighted by molar-refractivity contribution is -0.144. The predicted molar refractivity (Wildman–Crippen MR) is 75.8 cm³/mol. The molecule has 5 unspecified atom stereocenters. The Bertz CT molecular complexity index is 414. The third-order valence-corrected chi connectivity index (χ3v) is 5.37. The van der Waals surface area contributed by atoms with E-state index in [0.717, 1.165) is 12.8 Å². The summed E-state index contributed by atoms with van der Waals surface area (Å²) in [6.07, 6.45) is 5.75. The van der Waals surface area contributed by atoms with Crippen LogP contribution < -0.4 is 5.32 Å². The molecule has 2 aliphatic heterocycles. The zero-order chi connectivity index (χ0) is 15.0. The van der Waals surface area contributed by atoms with E-state index < -0.39 is 11.9 Å². The van der Waals surface area contributed by atoms with Gasteiger partial charge in [-0.15, -0.1) is 0 Å². The van der Waals surface area contributed by atoms with E-state index in [1.807, 2.05) is 0 Å². The van der Waals surface area contributed by atoms with Gasteiger partial charge in [0, 0.05) is 13.1 Å². The molecule has 0 bridgehead atoms. The van der Waals surface area contributed by atoms with Crippen molar-refractivity contribution in [2.45, 2.75) is 50.2 Å². The van der Waals surface area contributed by atoms with Crippen LogP contribution in [0.3, 0.4) is 0 Å². The highest BCUT2D eigenvalue weighted by Crippen LogP contribution is 2.34. The molecular weight excluding hydrogens is 272 g/mol. The van der Waals surface area contributed by atoms with Crippen LogP contribution in [0.15, 0.2) is 0 Å². The van der Waals surface area contributed by atoms with Gasteiger partial charge < -0.3 is 20.1 Å². The summed E-state index contributed by atoms with van der Waals surface area (Å²) in [6.45, 7) is 0.514. The molecular formula is C15H24N2O4. The second-order valence-electron chi connectivity index (χ2n) is 6.60. The summed E-state index contributed by atoms with van der Waals surface area (Å²) in [5.41, 5.74) is 0. The molecule has 21 heavy (non-hydrogen) atoms. The predicted octanol–water partition coefficient (Wildman–Crippen LogP) is 0.465. The van der Waals surface area contributed by atoms with Crippen LogP contribution in [0.4, 0.5) is 0 Å². The Morgan fingerprint density at radius 3 is 2.71 bits per heavy atom. The van der Waals surface area contributed by atoms with Crippen molar-refractivity contribution in [3.05, 3.63) is 0 Å². The number of ether oxygens (including phenoxy) is 1. The molecule has 0 aromatic rings. The Balaban J connectivity index is 1.63. The van der Waals surface area contributed by atoms with Gasteiger partial charge in [-0.2, -0.15) is 0 Å². The van der Waals surface area contributed by atoms with Crippen molar-refractivity contribution >= 4 is 11.9 Å². The summed E-state index contributed by atoms with van der Waals surface area (Å²) in [5.74, 6) is -0.866. The normalized spacial score (nSPS) is 39.0. The topological polar surface area (TPSA) is 78.9 Å². The number of carboxylic acid groups (broad SMARTS) is 1. The number of nitrogens with zero attached hydrogens (tertiary/aromatic N) is 1. The number of hydrogen-bond acceptors (Lipinski definition) is 4. The second kappa shape index (κ2) is 5.93. The first-order valence-electron chi connectivity index (χ1n) is 7.91. The number of rotatable bonds is 3. The molecule has 5 atom stereocenters. The quantitative estimate of drug-likeness (QED) is 0.791. The highest BCUT2D eigenvalue weighted by molar-refractivity contribution is 5.83. The smallest absolute Gasteiger partial charge is 0.311 e. The van der Waals surface area contributed by atoms with E-state index in [9.17, 15) is 14.7 Å². The molecule has 0 aromatic heterocycles. The van der Waals surface area contributed by atoms with Gasteiger partial charge in [0.1, 0.15) is 5.92 Å². The third kappa shape index (κ3) is 2.79. The highest BCUT2D eigenvalue weighted by atomic mass is 16.5. The van der Waals surface area contributed by atoms with Crippen molar-refractivity contribution in [2.24, 2.45) is 11.8 Å². The number of carbonyl (C=O) groups is 2. The maximum Gasteiger partial charge on any atom is 0.311 e. The van der Waals surface area contributed by atoms with Gasteiger partial charge in [-0.25, -0.2) is 0 Å². The van der Waals surface area contributed by atoms with E-state index >= 15 is 0 Å². The minimum atomic E-state index is -0.884.